The molecule has 0 aliphatic heterocycles. The molecule has 8 heteroatoms. The third kappa shape index (κ3) is 4.18. The van der Waals surface area contributed by atoms with E-state index in [-0.39, 0.29) is 29.5 Å². The van der Waals surface area contributed by atoms with Crippen molar-refractivity contribution in [3.63, 3.8) is 0 Å². The van der Waals surface area contributed by atoms with Crippen molar-refractivity contribution < 1.29 is 18.7 Å². The van der Waals surface area contributed by atoms with Crippen LogP contribution in [0.2, 0.25) is 5.02 Å². The number of rotatable bonds is 5. The third-order valence-corrected chi connectivity index (χ3v) is 3.78. The zero-order valence-electron chi connectivity index (χ0n) is 13.7. The molecule has 0 amide bonds. The van der Waals surface area contributed by atoms with Gasteiger partial charge >= 0.3 is 5.97 Å². The predicted molar refractivity (Wildman–Crippen MR) is 92.9 cm³/mol. The van der Waals surface area contributed by atoms with Gasteiger partial charge in [-0.15, -0.1) is 0 Å². The number of benzene rings is 1. The summed E-state index contributed by atoms with van der Waals surface area (Å²) in [5.74, 6) is -0.993. The Balaban J connectivity index is 1.60. The molecule has 1 aromatic carbocycles. The van der Waals surface area contributed by atoms with Gasteiger partial charge in [-0.1, -0.05) is 17.7 Å². The molecule has 0 atom stereocenters. The molecule has 2 aromatic heterocycles. The van der Waals surface area contributed by atoms with Gasteiger partial charge in [-0.05, 0) is 30.7 Å². The van der Waals surface area contributed by atoms with Crippen LogP contribution in [-0.4, -0.2) is 22.0 Å². The van der Waals surface area contributed by atoms with Gasteiger partial charge in [-0.25, -0.2) is 14.2 Å². The van der Waals surface area contributed by atoms with Gasteiger partial charge in [0.1, 0.15) is 23.8 Å². The summed E-state index contributed by atoms with van der Waals surface area (Å²) < 4.78 is 24.7. The Hall–Kier alpha value is -2.93. The quantitative estimate of drug-likeness (QED) is 0.640. The van der Waals surface area contributed by atoms with E-state index < -0.39 is 11.8 Å². The summed E-state index contributed by atoms with van der Waals surface area (Å²) in [4.78, 5) is 28.1. The van der Waals surface area contributed by atoms with E-state index in [0.29, 0.717) is 11.3 Å². The van der Waals surface area contributed by atoms with E-state index >= 15 is 0 Å². The van der Waals surface area contributed by atoms with Crippen LogP contribution in [-0.2, 0) is 16.1 Å². The van der Waals surface area contributed by atoms with Crippen molar-refractivity contribution in [2.24, 2.45) is 0 Å². The maximum absolute atomic E-state index is 13.1. The zero-order chi connectivity index (χ0) is 18.7. The average molecular weight is 377 g/mol. The Morgan fingerprint density at radius 2 is 2.08 bits per heavy atom. The fraction of sp³-hybridized carbons (Fsp3) is 0.167. The Bertz CT molecular complexity index is 1040. The number of halogens is 2. The molecule has 26 heavy (non-hydrogen) atoms. The number of esters is 1. The highest BCUT2D eigenvalue weighted by Crippen LogP contribution is 2.21. The number of fused-ring (bicyclic) bond motifs is 1. The molecule has 0 bridgehead atoms. The number of aromatic nitrogens is 2. The van der Waals surface area contributed by atoms with Crippen LogP contribution in [0.5, 0.6) is 5.75 Å². The molecule has 2 heterocycles. The van der Waals surface area contributed by atoms with Crippen LogP contribution in [0.4, 0.5) is 4.39 Å². The van der Waals surface area contributed by atoms with E-state index in [1.807, 2.05) is 13.0 Å². The van der Waals surface area contributed by atoms with E-state index in [2.05, 4.69) is 4.98 Å². The molecule has 0 unspecified atom stereocenters. The van der Waals surface area contributed by atoms with Crippen molar-refractivity contribution in [1.29, 1.82) is 0 Å². The van der Waals surface area contributed by atoms with Crippen LogP contribution in [0.1, 0.15) is 11.3 Å². The van der Waals surface area contributed by atoms with Crippen molar-refractivity contribution in [2.45, 2.75) is 13.5 Å². The second-order valence-corrected chi connectivity index (χ2v) is 5.95. The first-order valence-electron chi connectivity index (χ1n) is 7.65. The summed E-state index contributed by atoms with van der Waals surface area (Å²) in [6, 6.07) is 8.60. The SMILES string of the molecule is Cc1ccc2nc(COC(=O)COc3ccc(F)c(Cl)c3)cc(=O)n2c1. The molecule has 0 aliphatic carbocycles. The summed E-state index contributed by atoms with van der Waals surface area (Å²) in [5.41, 5.74) is 1.46. The van der Waals surface area contributed by atoms with Crippen LogP contribution in [0.3, 0.4) is 0 Å². The molecular weight excluding hydrogens is 363 g/mol. The molecule has 0 saturated carbocycles. The topological polar surface area (TPSA) is 69.9 Å². The minimum atomic E-state index is -0.656. The standard InChI is InChI=1S/C18H14ClFN2O4/c1-11-2-5-16-21-12(6-17(23)22(16)8-11)9-26-18(24)10-25-13-3-4-15(20)14(19)7-13/h2-8H,9-10H2,1H3. The Morgan fingerprint density at radius 3 is 2.85 bits per heavy atom. The molecule has 0 radical (unpaired) electrons. The van der Waals surface area contributed by atoms with E-state index in [0.717, 1.165) is 11.6 Å². The molecule has 0 N–H and O–H groups in total. The van der Waals surface area contributed by atoms with Crippen molar-refractivity contribution in [1.82, 2.24) is 9.38 Å². The first-order valence-corrected chi connectivity index (χ1v) is 8.02. The third-order valence-electron chi connectivity index (χ3n) is 3.49. The van der Waals surface area contributed by atoms with E-state index in [1.54, 1.807) is 12.3 Å². The lowest BCUT2D eigenvalue weighted by Gasteiger charge is -2.08. The average Bonchev–Trinajstić information content (AvgIpc) is 2.61. The van der Waals surface area contributed by atoms with E-state index in [9.17, 15) is 14.0 Å². The van der Waals surface area contributed by atoms with Crippen molar-refractivity contribution in [3.8, 4) is 5.75 Å². The lowest BCUT2D eigenvalue weighted by molar-refractivity contribution is -0.147. The van der Waals surface area contributed by atoms with Crippen molar-refractivity contribution in [2.75, 3.05) is 6.61 Å². The summed E-state index contributed by atoms with van der Waals surface area (Å²) in [6.07, 6.45) is 1.68. The number of nitrogens with zero attached hydrogens (tertiary/aromatic N) is 2. The molecule has 0 spiro atoms. The van der Waals surface area contributed by atoms with Crippen molar-refractivity contribution >= 4 is 23.2 Å². The van der Waals surface area contributed by atoms with Crippen LogP contribution in [0, 0.1) is 12.7 Å². The van der Waals surface area contributed by atoms with E-state index in [4.69, 9.17) is 21.1 Å². The first-order chi connectivity index (χ1) is 12.4. The number of hydrogen-bond donors (Lipinski definition) is 0. The second kappa shape index (κ2) is 7.53. The molecule has 0 fully saturated rings. The highest BCUT2D eigenvalue weighted by molar-refractivity contribution is 6.30. The minimum absolute atomic E-state index is 0.105. The van der Waals surface area contributed by atoms with E-state index in [1.165, 1.54) is 22.6 Å². The van der Waals surface area contributed by atoms with Gasteiger partial charge in [0.2, 0.25) is 0 Å². The van der Waals surface area contributed by atoms with Crippen LogP contribution in [0.25, 0.3) is 5.65 Å². The monoisotopic (exact) mass is 376 g/mol. The molecule has 0 saturated heterocycles. The molecule has 3 aromatic rings. The van der Waals surface area contributed by atoms with Gasteiger partial charge in [-0.3, -0.25) is 9.20 Å². The largest absolute Gasteiger partial charge is 0.482 e. The van der Waals surface area contributed by atoms with Gasteiger partial charge in [0, 0.05) is 18.3 Å². The molecule has 3 rings (SSSR count). The Morgan fingerprint density at radius 1 is 1.27 bits per heavy atom. The number of pyridine rings is 1. The van der Waals surface area contributed by atoms with Gasteiger partial charge in [0.05, 0.1) is 10.7 Å². The number of hydrogen-bond acceptors (Lipinski definition) is 5. The lowest BCUT2D eigenvalue weighted by atomic mass is 10.3. The molecule has 134 valence electrons. The second-order valence-electron chi connectivity index (χ2n) is 5.55. The Labute approximate surface area is 152 Å². The van der Waals surface area contributed by atoms with Crippen LogP contribution < -0.4 is 10.3 Å². The minimum Gasteiger partial charge on any atom is -0.482 e. The molecular formula is C18H14ClFN2O4. The van der Waals surface area contributed by atoms with Gasteiger partial charge in [0.25, 0.3) is 5.56 Å². The number of aryl methyl sites for hydroxylation is 1. The Kier molecular flexibility index (Phi) is 5.18. The highest BCUT2D eigenvalue weighted by Gasteiger charge is 2.09. The lowest BCUT2D eigenvalue weighted by Crippen LogP contribution is -2.18. The number of ether oxygens (including phenoxy) is 2. The molecule has 0 aliphatic rings. The summed E-state index contributed by atoms with van der Waals surface area (Å²) in [6.45, 7) is 1.33. The fourth-order valence-corrected chi connectivity index (χ4v) is 2.41. The summed E-state index contributed by atoms with van der Waals surface area (Å²) >= 11 is 5.63. The highest BCUT2D eigenvalue weighted by atomic mass is 35.5. The fourth-order valence-electron chi connectivity index (χ4n) is 2.24. The summed E-state index contributed by atoms with van der Waals surface area (Å²) in [5, 5.41) is -0.105. The van der Waals surface area contributed by atoms with Gasteiger partial charge in [-0.2, -0.15) is 0 Å². The first kappa shape index (κ1) is 17.9. The maximum Gasteiger partial charge on any atom is 0.344 e. The van der Waals surface area contributed by atoms with Crippen LogP contribution in [0.15, 0.2) is 47.4 Å². The van der Waals surface area contributed by atoms with Gasteiger partial charge < -0.3 is 9.47 Å². The molecule has 6 nitrogen and oxygen atoms in total. The maximum atomic E-state index is 13.1. The zero-order valence-corrected chi connectivity index (χ0v) is 14.5. The predicted octanol–water partition coefficient (Wildman–Crippen LogP) is 2.92. The smallest absolute Gasteiger partial charge is 0.344 e. The van der Waals surface area contributed by atoms with Crippen molar-refractivity contribution in [3.05, 3.63) is 75.0 Å². The normalized spacial score (nSPS) is 10.7. The number of carbonyl (C=O) groups is 1. The van der Waals surface area contributed by atoms with Crippen LogP contribution >= 0.6 is 11.6 Å². The summed E-state index contributed by atoms with van der Waals surface area (Å²) in [7, 11) is 0. The van der Waals surface area contributed by atoms with Gasteiger partial charge in [0.15, 0.2) is 6.61 Å². The number of carbonyl (C=O) groups excluding carboxylic acids is 1.